The Balaban J connectivity index is 1.83. The summed E-state index contributed by atoms with van der Waals surface area (Å²) in [4.78, 5) is 27.4. The van der Waals surface area contributed by atoms with Gasteiger partial charge >= 0.3 is 0 Å². The molecular formula is C25H36N4O2. The van der Waals surface area contributed by atoms with Gasteiger partial charge in [0.25, 0.3) is 0 Å². The number of hydrogen-bond donors (Lipinski definition) is 1. The summed E-state index contributed by atoms with van der Waals surface area (Å²) in [6.45, 7) is 13.3. The summed E-state index contributed by atoms with van der Waals surface area (Å²) >= 11 is 0. The van der Waals surface area contributed by atoms with Crippen LogP contribution in [-0.2, 0) is 15.0 Å². The zero-order valence-corrected chi connectivity index (χ0v) is 19.7. The van der Waals surface area contributed by atoms with E-state index >= 15 is 0 Å². The van der Waals surface area contributed by atoms with Crippen molar-refractivity contribution in [1.29, 1.82) is 0 Å². The highest BCUT2D eigenvalue weighted by Gasteiger charge is 2.34. The molecule has 1 aromatic carbocycles. The fourth-order valence-corrected chi connectivity index (χ4v) is 3.45. The van der Waals surface area contributed by atoms with E-state index in [1.807, 2.05) is 37.3 Å². The van der Waals surface area contributed by atoms with Gasteiger partial charge in [0.05, 0.1) is 17.9 Å². The molecule has 1 N–H and O–H groups in total. The molecule has 6 heteroatoms. The first-order valence-electron chi connectivity index (χ1n) is 11.3. The van der Waals surface area contributed by atoms with Gasteiger partial charge < -0.3 is 10.2 Å². The van der Waals surface area contributed by atoms with Crippen LogP contribution in [-0.4, -0.2) is 39.6 Å². The highest BCUT2D eigenvalue weighted by molar-refractivity contribution is 5.94. The molecule has 168 valence electrons. The van der Waals surface area contributed by atoms with E-state index in [0.29, 0.717) is 18.3 Å². The predicted molar refractivity (Wildman–Crippen MR) is 124 cm³/mol. The van der Waals surface area contributed by atoms with Crippen molar-refractivity contribution in [2.24, 2.45) is 11.8 Å². The number of rotatable bonds is 8. The summed E-state index contributed by atoms with van der Waals surface area (Å²) in [5.41, 5.74) is 2.75. The molecule has 0 spiro atoms. The Morgan fingerprint density at radius 1 is 1.23 bits per heavy atom. The first-order chi connectivity index (χ1) is 14.6. The molecule has 3 rings (SSSR count). The number of nitrogens with zero attached hydrogens (tertiary/aromatic N) is 3. The highest BCUT2D eigenvalue weighted by atomic mass is 16.2. The smallest absolute Gasteiger partial charge is 0.245 e. The number of nitrogens with one attached hydrogen (secondary N) is 1. The van der Waals surface area contributed by atoms with Crippen LogP contribution in [0.4, 0.5) is 5.82 Å². The van der Waals surface area contributed by atoms with Gasteiger partial charge in [-0.05, 0) is 43.7 Å². The molecule has 2 aromatic rings. The predicted octanol–water partition coefficient (Wildman–Crippen LogP) is 4.70. The molecule has 1 aliphatic rings. The Bertz CT molecular complexity index is 935. The highest BCUT2D eigenvalue weighted by Crippen LogP contribution is 2.31. The lowest BCUT2D eigenvalue weighted by atomic mass is 9.92. The van der Waals surface area contributed by atoms with Crippen molar-refractivity contribution in [3.8, 4) is 5.69 Å². The Kier molecular flexibility index (Phi) is 6.87. The zero-order chi connectivity index (χ0) is 22.8. The van der Waals surface area contributed by atoms with E-state index in [2.05, 4.69) is 39.9 Å². The number of aromatic nitrogens is 2. The van der Waals surface area contributed by atoms with Gasteiger partial charge in [0.15, 0.2) is 0 Å². The average molecular weight is 425 g/mol. The third kappa shape index (κ3) is 5.96. The molecule has 2 amide bonds. The van der Waals surface area contributed by atoms with Crippen LogP contribution in [0.15, 0.2) is 30.3 Å². The maximum Gasteiger partial charge on any atom is 0.245 e. The normalized spacial score (nSPS) is 14.0. The summed E-state index contributed by atoms with van der Waals surface area (Å²) < 4.78 is 1.80. The van der Waals surface area contributed by atoms with Gasteiger partial charge in [-0.15, -0.1) is 0 Å². The largest absolute Gasteiger partial charge is 0.333 e. The van der Waals surface area contributed by atoms with Gasteiger partial charge in [0.2, 0.25) is 11.8 Å². The van der Waals surface area contributed by atoms with Crippen LogP contribution in [0.25, 0.3) is 5.69 Å². The van der Waals surface area contributed by atoms with E-state index in [1.165, 1.54) is 0 Å². The Labute approximate surface area is 186 Å². The van der Waals surface area contributed by atoms with Crippen LogP contribution in [0, 0.1) is 18.8 Å². The van der Waals surface area contributed by atoms with Gasteiger partial charge in [0, 0.05) is 23.9 Å². The molecule has 6 nitrogen and oxygen atoms in total. The van der Waals surface area contributed by atoms with Crippen LogP contribution in [0.5, 0.6) is 0 Å². The van der Waals surface area contributed by atoms with Gasteiger partial charge in [-0.3, -0.25) is 9.59 Å². The summed E-state index contributed by atoms with van der Waals surface area (Å²) in [7, 11) is 0. The van der Waals surface area contributed by atoms with Crippen LogP contribution < -0.4 is 5.32 Å². The van der Waals surface area contributed by atoms with E-state index in [1.54, 1.807) is 9.58 Å². The molecule has 1 heterocycles. The number of para-hydroxylation sites is 1. The second-order valence-electron chi connectivity index (χ2n) is 10.1. The number of aryl methyl sites for hydroxylation is 1. The van der Waals surface area contributed by atoms with Crippen molar-refractivity contribution in [3.63, 3.8) is 0 Å². The van der Waals surface area contributed by atoms with E-state index in [0.717, 1.165) is 36.2 Å². The molecule has 1 saturated carbocycles. The molecule has 1 aromatic heterocycles. The lowest BCUT2D eigenvalue weighted by Gasteiger charge is -2.23. The summed E-state index contributed by atoms with van der Waals surface area (Å²) in [6, 6.07) is 9.92. The maximum absolute atomic E-state index is 13.0. The minimum absolute atomic E-state index is 0.0753. The molecule has 0 bridgehead atoms. The van der Waals surface area contributed by atoms with Crippen molar-refractivity contribution >= 4 is 17.6 Å². The van der Waals surface area contributed by atoms with Gasteiger partial charge in [-0.1, -0.05) is 52.8 Å². The minimum Gasteiger partial charge on any atom is -0.333 e. The maximum atomic E-state index is 13.0. The summed E-state index contributed by atoms with van der Waals surface area (Å²) in [5.74, 6) is 1.14. The number of hydrogen-bond acceptors (Lipinski definition) is 3. The number of amides is 2. The quantitative estimate of drug-likeness (QED) is 0.668. The van der Waals surface area contributed by atoms with Crippen molar-refractivity contribution < 1.29 is 9.59 Å². The van der Waals surface area contributed by atoms with E-state index in [-0.39, 0.29) is 29.7 Å². The minimum atomic E-state index is -0.187. The second-order valence-corrected chi connectivity index (χ2v) is 10.1. The Morgan fingerprint density at radius 2 is 1.90 bits per heavy atom. The number of carbonyl (C=O) groups excluding carboxylic acids is 2. The first kappa shape index (κ1) is 23.0. The molecule has 0 aliphatic heterocycles. The number of carbonyl (C=O) groups is 2. The average Bonchev–Trinajstić information content (AvgIpc) is 3.45. The first-order valence-corrected chi connectivity index (χ1v) is 11.3. The Hall–Kier alpha value is -2.63. The van der Waals surface area contributed by atoms with Crippen LogP contribution >= 0.6 is 0 Å². The van der Waals surface area contributed by atoms with Crippen molar-refractivity contribution in [2.75, 3.05) is 18.4 Å². The molecule has 0 saturated heterocycles. The monoisotopic (exact) mass is 424 g/mol. The SMILES string of the molecule is Cc1ccccc1-n1nc(C(C)(C)C)cc1NC(=O)CN(CCC(C)C)C(=O)C1CC1. The van der Waals surface area contributed by atoms with Gasteiger partial charge in [0.1, 0.15) is 5.82 Å². The molecule has 31 heavy (non-hydrogen) atoms. The fourth-order valence-electron chi connectivity index (χ4n) is 3.45. The van der Waals surface area contributed by atoms with Crippen LogP contribution in [0.2, 0.25) is 0 Å². The van der Waals surface area contributed by atoms with Crippen LogP contribution in [0.1, 0.15) is 65.1 Å². The van der Waals surface area contributed by atoms with Crippen molar-refractivity contribution in [3.05, 3.63) is 41.6 Å². The molecule has 0 atom stereocenters. The van der Waals surface area contributed by atoms with E-state index in [9.17, 15) is 9.59 Å². The zero-order valence-electron chi connectivity index (χ0n) is 19.7. The number of anilines is 1. The fraction of sp³-hybridized carbons (Fsp3) is 0.560. The topological polar surface area (TPSA) is 67.2 Å². The molecule has 1 aliphatic carbocycles. The van der Waals surface area contributed by atoms with Crippen molar-refractivity contribution in [2.45, 2.75) is 66.2 Å². The number of benzene rings is 1. The van der Waals surface area contributed by atoms with E-state index in [4.69, 9.17) is 5.10 Å². The van der Waals surface area contributed by atoms with Crippen molar-refractivity contribution in [1.82, 2.24) is 14.7 Å². The lowest BCUT2D eigenvalue weighted by Crippen LogP contribution is -2.40. The third-order valence-electron chi connectivity index (χ3n) is 5.64. The molecular weight excluding hydrogens is 388 g/mol. The van der Waals surface area contributed by atoms with E-state index < -0.39 is 0 Å². The van der Waals surface area contributed by atoms with Crippen LogP contribution in [0.3, 0.4) is 0 Å². The Morgan fingerprint density at radius 3 is 2.48 bits per heavy atom. The standard InChI is InChI=1S/C25H36N4O2/c1-17(2)13-14-28(24(31)19-11-12-19)16-23(30)26-22-15-21(25(4,5)6)27-29(22)20-10-8-7-9-18(20)3/h7-10,15,17,19H,11-14,16H2,1-6H3,(H,26,30). The molecule has 1 fully saturated rings. The molecule has 0 unspecified atom stereocenters. The summed E-state index contributed by atoms with van der Waals surface area (Å²) in [6.07, 6.45) is 2.77. The van der Waals surface area contributed by atoms with Gasteiger partial charge in [-0.2, -0.15) is 5.10 Å². The molecule has 0 radical (unpaired) electrons. The third-order valence-corrected chi connectivity index (χ3v) is 5.64. The second kappa shape index (κ2) is 9.25. The van der Waals surface area contributed by atoms with Gasteiger partial charge in [-0.25, -0.2) is 4.68 Å². The lowest BCUT2D eigenvalue weighted by molar-refractivity contribution is -0.136. The summed E-state index contributed by atoms with van der Waals surface area (Å²) in [5, 5.41) is 7.83.